The van der Waals surface area contributed by atoms with Crippen LogP contribution < -0.4 is 0 Å². The summed E-state index contributed by atoms with van der Waals surface area (Å²) in [5, 5.41) is 3.71. The number of aromatic nitrogens is 1. The van der Waals surface area contributed by atoms with Crippen LogP contribution in [0, 0.1) is 6.92 Å². The number of imide groups is 1. The number of carbonyl (C=O) groups excluding carboxylic acids is 3. The van der Waals surface area contributed by atoms with Crippen LogP contribution in [0.15, 0.2) is 34.9 Å². The van der Waals surface area contributed by atoms with Crippen LogP contribution in [0.2, 0.25) is 0 Å². The molecule has 1 aromatic heterocycles. The molecule has 1 aliphatic rings. The maximum atomic E-state index is 12.3. The minimum atomic E-state index is -1.02. The molecule has 0 N–H and O–H groups in total. The number of amides is 2. The molecule has 1 aliphatic heterocycles. The molecule has 2 aromatic rings. The third-order valence-electron chi connectivity index (χ3n) is 3.59. The first-order valence-corrected chi connectivity index (χ1v) is 7.05. The fraction of sp³-hybridized carbons (Fsp3) is 0.250. The summed E-state index contributed by atoms with van der Waals surface area (Å²) in [6, 6.07) is 7.08. The van der Waals surface area contributed by atoms with Crippen molar-refractivity contribution in [3.8, 4) is 0 Å². The Balaban J connectivity index is 1.71. The van der Waals surface area contributed by atoms with Gasteiger partial charge >= 0.3 is 5.97 Å². The average Bonchev–Trinajstić information content (AvgIpc) is 3.07. The van der Waals surface area contributed by atoms with Crippen molar-refractivity contribution in [3.05, 3.63) is 52.9 Å². The number of fused-ring (bicyclic) bond motifs is 1. The molecule has 7 heteroatoms. The number of carbonyl (C=O) groups is 3. The molecule has 3 rings (SSSR count). The lowest BCUT2D eigenvalue weighted by atomic mass is 10.1. The summed E-state index contributed by atoms with van der Waals surface area (Å²) in [5.41, 5.74) is 1.05. The van der Waals surface area contributed by atoms with Gasteiger partial charge in [0.15, 0.2) is 0 Å². The van der Waals surface area contributed by atoms with Gasteiger partial charge in [-0.2, -0.15) is 0 Å². The number of aryl methyl sites for hydroxylation is 1. The average molecular weight is 314 g/mol. The summed E-state index contributed by atoms with van der Waals surface area (Å²) >= 11 is 0. The van der Waals surface area contributed by atoms with Gasteiger partial charge in [-0.15, -0.1) is 0 Å². The molecule has 1 aromatic carbocycles. The molecule has 23 heavy (non-hydrogen) atoms. The zero-order valence-electron chi connectivity index (χ0n) is 12.6. The normalized spacial score (nSPS) is 14.8. The van der Waals surface area contributed by atoms with Gasteiger partial charge in [0.2, 0.25) is 0 Å². The number of benzene rings is 1. The van der Waals surface area contributed by atoms with Crippen molar-refractivity contribution in [2.45, 2.75) is 26.5 Å². The largest absolute Gasteiger partial charge is 0.458 e. The Bertz CT molecular complexity index is 760. The van der Waals surface area contributed by atoms with Crippen molar-refractivity contribution in [3.63, 3.8) is 0 Å². The Morgan fingerprint density at radius 3 is 2.39 bits per heavy atom. The number of nitrogens with zero attached hydrogens (tertiary/aromatic N) is 2. The third-order valence-corrected chi connectivity index (χ3v) is 3.59. The second-order valence-electron chi connectivity index (χ2n) is 5.24. The van der Waals surface area contributed by atoms with E-state index in [1.54, 1.807) is 37.3 Å². The van der Waals surface area contributed by atoms with Crippen LogP contribution >= 0.6 is 0 Å². The van der Waals surface area contributed by atoms with Crippen LogP contribution in [0.3, 0.4) is 0 Å². The van der Waals surface area contributed by atoms with E-state index in [4.69, 9.17) is 9.26 Å². The van der Waals surface area contributed by atoms with Gasteiger partial charge in [-0.05, 0) is 26.0 Å². The molecule has 0 saturated carbocycles. The number of hydrogen-bond acceptors (Lipinski definition) is 6. The molecule has 0 radical (unpaired) electrons. The van der Waals surface area contributed by atoms with Crippen LogP contribution in [0.5, 0.6) is 0 Å². The molecule has 0 saturated heterocycles. The van der Waals surface area contributed by atoms with Gasteiger partial charge < -0.3 is 9.26 Å². The summed E-state index contributed by atoms with van der Waals surface area (Å²) in [6.45, 7) is 3.10. The van der Waals surface area contributed by atoms with Gasteiger partial charge in [-0.3, -0.25) is 14.5 Å². The van der Waals surface area contributed by atoms with E-state index in [0.29, 0.717) is 22.6 Å². The minimum Gasteiger partial charge on any atom is -0.458 e. The first kappa shape index (κ1) is 15.0. The van der Waals surface area contributed by atoms with E-state index < -0.39 is 23.8 Å². The molecule has 2 heterocycles. The highest BCUT2D eigenvalue weighted by Crippen LogP contribution is 2.24. The van der Waals surface area contributed by atoms with Crippen molar-refractivity contribution in [2.75, 3.05) is 0 Å². The topological polar surface area (TPSA) is 89.7 Å². The molecule has 0 aliphatic carbocycles. The van der Waals surface area contributed by atoms with Crippen molar-refractivity contribution < 1.29 is 23.6 Å². The number of ether oxygens (including phenoxy) is 1. The molecule has 1 atom stereocenters. The van der Waals surface area contributed by atoms with E-state index in [1.165, 1.54) is 6.92 Å². The zero-order chi connectivity index (χ0) is 16.6. The Hall–Kier alpha value is -2.96. The lowest BCUT2D eigenvalue weighted by molar-refractivity contribution is -0.149. The summed E-state index contributed by atoms with van der Waals surface area (Å²) < 4.78 is 9.98. The molecule has 0 unspecified atom stereocenters. The molecule has 0 spiro atoms. The van der Waals surface area contributed by atoms with Gasteiger partial charge in [0.25, 0.3) is 11.8 Å². The predicted molar refractivity (Wildman–Crippen MR) is 77.4 cm³/mol. The van der Waals surface area contributed by atoms with Crippen LogP contribution in [0.1, 0.15) is 39.1 Å². The molecule has 0 fully saturated rings. The maximum Gasteiger partial charge on any atom is 0.329 e. The summed E-state index contributed by atoms with van der Waals surface area (Å²) in [5.74, 6) is -1.07. The van der Waals surface area contributed by atoms with Gasteiger partial charge in [-0.25, -0.2) is 4.79 Å². The monoisotopic (exact) mass is 314 g/mol. The molecule has 118 valence electrons. The van der Waals surface area contributed by atoms with E-state index in [1.807, 2.05) is 0 Å². The van der Waals surface area contributed by atoms with E-state index in [0.717, 1.165) is 4.90 Å². The summed E-state index contributed by atoms with van der Waals surface area (Å²) in [4.78, 5) is 37.6. The lowest BCUT2D eigenvalue weighted by Crippen LogP contribution is -2.43. The smallest absolute Gasteiger partial charge is 0.329 e. The zero-order valence-corrected chi connectivity index (χ0v) is 12.6. The van der Waals surface area contributed by atoms with Gasteiger partial charge in [0.1, 0.15) is 24.1 Å². The Morgan fingerprint density at radius 2 is 1.87 bits per heavy atom. The van der Waals surface area contributed by atoms with Gasteiger partial charge in [0.05, 0.1) is 11.1 Å². The first-order valence-electron chi connectivity index (χ1n) is 7.05. The molecular formula is C16H14N2O5. The van der Waals surface area contributed by atoms with Crippen LogP contribution in [0.25, 0.3) is 0 Å². The maximum absolute atomic E-state index is 12.3. The Morgan fingerprint density at radius 1 is 1.26 bits per heavy atom. The van der Waals surface area contributed by atoms with Crippen molar-refractivity contribution in [1.29, 1.82) is 0 Å². The van der Waals surface area contributed by atoms with E-state index in [2.05, 4.69) is 5.16 Å². The van der Waals surface area contributed by atoms with Crippen molar-refractivity contribution in [1.82, 2.24) is 10.1 Å². The standard InChI is InChI=1S/C16H14N2O5/c1-9-7-11(17-23-9)8-22-16(21)10(2)18-14(19)12-5-3-4-6-13(12)15(18)20/h3-7,10H,8H2,1-2H3/t10-/m1/s1. The quantitative estimate of drug-likeness (QED) is 0.630. The lowest BCUT2D eigenvalue weighted by Gasteiger charge is -2.20. The summed E-state index contributed by atoms with van der Waals surface area (Å²) in [7, 11) is 0. The number of hydrogen-bond donors (Lipinski definition) is 0. The fourth-order valence-electron chi connectivity index (χ4n) is 2.42. The van der Waals surface area contributed by atoms with Crippen LogP contribution in [-0.2, 0) is 16.1 Å². The fourth-order valence-corrected chi connectivity index (χ4v) is 2.42. The molecule has 0 bridgehead atoms. The Labute approximate surface area is 131 Å². The number of rotatable bonds is 4. The first-order chi connectivity index (χ1) is 11.0. The SMILES string of the molecule is Cc1cc(COC(=O)[C@@H](C)N2C(=O)c3ccccc3C2=O)no1. The Kier molecular flexibility index (Phi) is 3.69. The van der Waals surface area contributed by atoms with E-state index in [9.17, 15) is 14.4 Å². The van der Waals surface area contributed by atoms with E-state index in [-0.39, 0.29) is 6.61 Å². The molecule has 7 nitrogen and oxygen atoms in total. The van der Waals surface area contributed by atoms with E-state index >= 15 is 0 Å². The highest BCUT2D eigenvalue weighted by Gasteiger charge is 2.41. The summed E-state index contributed by atoms with van der Waals surface area (Å²) in [6.07, 6.45) is 0. The van der Waals surface area contributed by atoms with Gasteiger partial charge in [-0.1, -0.05) is 17.3 Å². The van der Waals surface area contributed by atoms with Crippen molar-refractivity contribution >= 4 is 17.8 Å². The van der Waals surface area contributed by atoms with Gasteiger partial charge in [0, 0.05) is 6.07 Å². The van der Waals surface area contributed by atoms with Crippen LogP contribution in [-0.4, -0.2) is 33.9 Å². The second-order valence-corrected chi connectivity index (χ2v) is 5.24. The third kappa shape index (κ3) is 2.61. The van der Waals surface area contributed by atoms with Crippen LogP contribution in [0.4, 0.5) is 0 Å². The minimum absolute atomic E-state index is 0.0797. The van der Waals surface area contributed by atoms with Crippen molar-refractivity contribution in [2.24, 2.45) is 0 Å². The number of esters is 1. The highest BCUT2D eigenvalue weighted by atomic mass is 16.5. The highest BCUT2D eigenvalue weighted by molar-refractivity contribution is 6.22. The second kappa shape index (κ2) is 5.68. The molecular weight excluding hydrogens is 300 g/mol. The predicted octanol–water partition coefficient (Wildman–Crippen LogP) is 1.71. The molecule has 2 amide bonds.